The molecule has 0 spiro atoms. The van der Waals surface area contributed by atoms with Crippen LogP contribution in [-0.4, -0.2) is 27.8 Å². The van der Waals surface area contributed by atoms with E-state index in [-0.39, 0.29) is 5.91 Å². The van der Waals surface area contributed by atoms with Gasteiger partial charge in [-0.05, 0) is 48.7 Å². The molecule has 0 aliphatic heterocycles. The molecule has 7 heteroatoms. The molecular weight excluding hydrogens is 438 g/mol. The third-order valence-corrected chi connectivity index (χ3v) is 5.49. The van der Waals surface area contributed by atoms with Gasteiger partial charge >= 0.3 is 0 Å². The van der Waals surface area contributed by atoms with Gasteiger partial charge in [-0.15, -0.1) is 5.10 Å². The number of aromatic nitrogens is 3. The first kappa shape index (κ1) is 23.8. The first-order chi connectivity index (χ1) is 17.0. The van der Waals surface area contributed by atoms with Gasteiger partial charge in [0.25, 0.3) is 5.91 Å². The molecule has 0 saturated carbocycles. The van der Waals surface area contributed by atoms with Gasteiger partial charge in [0.2, 0.25) is 11.9 Å². The minimum absolute atomic E-state index is 0.303. The molecular formula is C28H29N5O2. The van der Waals surface area contributed by atoms with Gasteiger partial charge in [-0.25, -0.2) is 0 Å². The van der Waals surface area contributed by atoms with Crippen molar-refractivity contribution in [1.29, 1.82) is 0 Å². The largest absolute Gasteiger partial charge is 0.497 e. The van der Waals surface area contributed by atoms with Crippen molar-refractivity contribution in [2.75, 3.05) is 17.7 Å². The molecule has 3 aromatic carbocycles. The molecule has 0 radical (unpaired) electrons. The molecule has 0 saturated heterocycles. The van der Waals surface area contributed by atoms with E-state index in [4.69, 9.17) is 4.74 Å². The number of rotatable bonds is 9. The molecule has 0 aliphatic carbocycles. The average Bonchev–Trinajstić information content (AvgIpc) is 3.30. The standard InChI is InChI=1S/C28H29N5O2/c1-20-4-8-23(9-5-20)18-29-27-31-28(30-19-24-10-6-21(2)7-11-24)33(32-27)26(34)17-14-22-12-15-25(35-3)16-13-22/h4-17H,18-19H2,1-3H3,(H2,29,30,31,32). The summed E-state index contributed by atoms with van der Waals surface area (Å²) in [6.45, 7) is 5.18. The van der Waals surface area contributed by atoms with Crippen LogP contribution in [0.2, 0.25) is 0 Å². The Morgan fingerprint density at radius 1 is 0.857 bits per heavy atom. The van der Waals surface area contributed by atoms with Crippen LogP contribution in [0.1, 0.15) is 32.6 Å². The maximum absolute atomic E-state index is 13.0. The number of aryl methyl sites for hydroxylation is 2. The van der Waals surface area contributed by atoms with Gasteiger partial charge in [0.05, 0.1) is 7.11 Å². The summed E-state index contributed by atoms with van der Waals surface area (Å²) in [6.07, 6.45) is 3.23. The van der Waals surface area contributed by atoms with Crippen LogP contribution in [0, 0.1) is 13.8 Å². The molecule has 0 fully saturated rings. The molecule has 0 unspecified atom stereocenters. The predicted octanol–water partition coefficient (Wildman–Crippen LogP) is 5.48. The summed E-state index contributed by atoms with van der Waals surface area (Å²) in [5.41, 5.74) is 5.46. The normalized spacial score (nSPS) is 10.9. The molecule has 0 bridgehead atoms. The zero-order valence-electron chi connectivity index (χ0n) is 20.2. The second kappa shape index (κ2) is 11.2. The smallest absolute Gasteiger partial charge is 0.274 e. The van der Waals surface area contributed by atoms with E-state index in [1.165, 1.54) is 21.9 Å². The van der Waals surface area contributed by atoms with Crippen molar-refractivity contribution >= 4 is 23.9 Å². The Bertz CT molecular complexity index is 1290. The number of benzene rings is 3. The topological polar surface area (TPSA) is 81.1 Å². The number of nitrogens with one attached hydrogen (secondary N) is 2. The monoisotopic (exact) mass is 467 g/mol. The first-order valence-electron chi connectivity index (χ1n) is 11.4. The van der Waals surface area contributed by atoms with Crippen molar-refractivity contribution in [3.05, 3.63) is 107 Å². The quantitative estimate of drug-likeness (QED) is 0.317. The number of hydrogen-bond acceptors (Lipinski definition) is 6. The van der Waals surface area contributed by atoms with Gasteiger partial charge in [-0.1, -0.05) is 71.8 Å². The first-order valence-corrected chi connectivity index (χ1v) is 11.4. The third-order valence-electron chi connectivity index (χ3n) is 5.49. The van der Waals surface area contributed by atoms with E-state index < -0.39 is 0 Å². The summed E-state index contributed by atoms with van der Waals surface area (Å²) in [5.74, 6) is 1.21. The zero-order valence-corrected chi connectivity index (χ0v) is 20.2. The number of carbonyl (C=O) groups is 1. The average molecular weight is 468 g/mol. The highest BCUT2D eigenvalue weighted by Gasteiger charge is 2.14. The summed E-state index contributed by atoms with van der Waals surface area (Å²) >= 11 is 0. The zero-order chi connectivity index (χ0) is 24.6. The Hall–Kier alpha value is -4.39. The molecule has 0 aliphatic rings. The second-order valence-electron chi connectivity index (χ2n) is 8.29. The van der Waals surface area contributed by atoms with Crippen molar-refractivity contribution in [1.82, 2.24) is 14.8 Å². The predicted molar refractivity (Wildman–Crippen MR) is 140 cm³/mol. The molecule has 35 heavy (non-hydrogen) atoms. The maximum atomic E-state index is 13.0. The van der Waals surface area contributed by atoms with E-state index >= 15 is 0 Å². The minimum atomic E-state index is -0.303. The lowest BCUT2D eigenvalue weighted by molar-refractivity contribution is 0.0957. The number of nitrogens with zero attached hydrogens (tertiary/aromatic N) is 3. The minimum Gasteiger partial charge on any atom is -0.497 e. The molecule has 4 aromatic rings. The Morgan fingerprint density at radius 2 is 1.43 bits per heavy atom. The van der Waals surface area contributed by atoms with Crippen LogP contribution in [0.4, 0.5) is 11.9 Å². The van der Waals surface area contributed by atoms with Gasteiger partial charge in [0, 0.05) is 19.2 Å². The lowest BCUT2D eigenvalue weighted by atomic mass is 10.1. The van der Waals surface area contributed by atoms with Crippen LogP contribution in [0.5, 0.6) is 5.75 Å². The number of hydrogen-bond donors (Lipinski definition) is 2. The molecule has 0 amide bonds. The van der Waals surface area contributed by atoms with E-state index in [0.29, 0.717) is 25.0 Å². The van der Waals surface area contributed by atoms with Crippen LogP contribution in [0.3, 0.4) is 0 Å². The fourth-order valence-corrected chi connectivity index (χ4v) is 3.38. The van der Waals surface area contributed by atoms with E-state index in [9.17, 15) is 4.79 Å². The van der Waals surface area contributed by atoms with Crippen LogP contribution in [0.25, 0.3) is 6.08 Å². The molecule has 4 rings (SSSR count). The van der Waals surface area contributed by atoms with Crippen molar-refractivity contribution in [3.63, 3.8) is 0 Å². The van der Waals surface area contributed by atoms with E-state index in [1.54, 1.807) is 13.2 Å². The van der Waals surface area contributed by atoms with Crippen LogP contribution < -0.4 is 15.4 Å². The van der Waals surface area contributed by atoms with Gasteiger partial charge in [-0.2, -0.15) is 9.67 Å². The Balaban J connectivity index is 1.51. The number of anilines is 2. The van der Waals surface area contributed by atoms with Crippen molar-refractivity contribution in [2.24, 2.45) is 0 Å². The van der Waals surface area contributed by atoms with Gasteiger partial charge < -0.3 is 15.4 Å². The summed E-state index contributed by atoms with van der Waals surface area (Å²) in [4.78, 5) is 17.6. The van der Waals surface area contributed by atoms with Crippen LogP contribution in [-0.2, 0) is 13.1 Å². The second-order valence-corrected chi connectivity index (χ2v) is 8.29. The Kier molecular flexibility index (Phi) is 7.57. The number of ether oxygens (including phenoxy) is 1. The highest BCUT2D eigenvalue weighted by atomic mass is 16.5. The van der Waals surface area contributed by atoms with Crippen LogP contribution >= 0.6 is 0 Å². The highest BCUT2D eigenvalue weighted by molar-refractivity contribution is 5.94. The van der Waals surface area contributed by atoms with Crippen molar-refractivity contribution < 1.29 is 9.53 Å². The van der Waals surface area contributed by atoms with E-state index in [1.807, 2.05) is 43.3 Å². The number of allylic oxidation sites excluding steroid dienone is 1. The molecule has 178 valence electrons. The molecule has 1 heterocycles. The SMILES string of the molecule is COc1ccc(C=CC(=O)n2nc(NCc3ccc(C)cc3)nc2NCc2ccc(C)cc2)cc1. The lowest BCUT2D eigenvalue weighted by Gasteiger charge is -2.06. The van der Waals surface area contributed by atoms with Gasteiger partial charge in [-0.3, -0.25) is 4.79 Å². The third kappa shape index (κ3) is 6.57. The van der Waals surface area contributed by atoms with E-state index in [2.05, 4.69) is 64.0 Å². The summed E-state index contributed by atoms with van der Waals surface area (Å²) in [6, 6.07) is 23.9. The van der Waals surface area contributed by atoms with Crippen LogP contribution in [0.15, 0.2) is 78.9 Å². The Labute approximate surface area is 205 Å². The molecule has 1 aromatic heterocycles. The fourth-order valence-electron chi connectivity index (χ4n) is 3.38. The van der Waals surface area contributed by atoms with Gasteiger partial charge in [0.15, 0.2) is 0 Å². The number of methoxy groups -OCH3 is 1. The van der Waals surface area contributed by atoms with Gasteiger partial charge in [0.1, 0.15) is 5.75 Å². The molecule has 2 N–H and O–H groups in total. The summed E-state index contributed by atoms with van der Waals surface area (Å²) < 4.78 is 6.47. The lowest BCUT2D eigenvalue weighted by Crippen LogP contribution is -2.14. The van der Waals surface area contributed by atoms with Crippen molar-refractivity contribution in [2.45, 2.75) is 26.9 Å². The fraction of sp³-hybridized carbons (Fsp3) is 0.179. The summed E-state index contributed by atoms with van der Waals surface area (Å²) in [5, 5.41) is 10.9. The molecule has 0 atom stereocenters. The van der Waals surface area contributed by atoms with E-state index in [0.717, 1.165) is 22.4 Å². The number of carbonyl (C=O) groups excluding carboxylic acids is 1. The maximum Gasteiger partial charge on any atom is 0.274 e. The molecule has 7 nitrogen and oxygen atoms in total. The Morgan fingerprint density at radius 3 is 2.00 bits per heavy atom. The van der Waals surface area contributed by atoms with Crippen molar-refractivity contribution in [3.8, 4) is 5.75 Å². The summed E-state index contributed by atoms with van der Waals surface area (Å²) in [7, 11) is 1.62. The highest BCUT2D eigenvalue weighted by Crippen LogP contribution is 2.15.